The summed E-state index contributed by atoms with van der Waals surface area (Å²) in [6.07, 6.45) is 1.87. The van der Waals surface area contributed by atoms with Crippen molar-refractivity contribution in [2.75, 3.05) is 50.7 Å². The summed E-state index contributed by atoms with van der Waals surface area (Å²) >= 11 is 1.56. The molecule has 30 heavy (non-hydrogen) atoms. The fraction of sp³-hybridized carbons (Fsp3) is 0.545. The van der Waals surface area contributed by atoms with Crippen LogP contribution in [-0.2, 0) is 12.1 Å². The number of piperazine rings is 1. The first-order chi connectivity index (χ1) is 14.5. The number of hydrogen-bond donors (Lipinski definition) is 3. The van der Waals surface area contributed by atoms with Gasteiger partial charge >= 0.3 is 0 Å². The zero-order valence-electron chi connectivity index (χ0n) is 18.3. The molecule has 164 valence electrons. The molecule has 3 N–H and O–H groups in total. The lowest BCUT2D eigenvalue weighted by Gasteiger charge is -2.34. The van der Waals surface area contributed by atoms with Crippen LogP contribution in [0.25, 0.3) is 0 Å². The topological polar surface area (TPSA) is 76.0 Å². The van der Waals surface area contributed by atoms with E-state index in [-0.39, 0.29) is 0 Å². The lowest BCUT2D eigenvalue weighted by molar-refractivity contribution is 0.0655. The summed E-state index contributed by atoms with van der Waals surface area (Å²) < 4.78 is 0. The van der Waals surface area contributed by atoms with Crippen molar-refractivity contribution in [3.63, 3.8) is 0 Å². The Hall–Kier alpha value is -2.16. The average molecular weight is 431 g/mol. The molecule has 3 heterocycles. The van der Waals surface area contributed by atoms with Gasteiger partial charge in [-0.3, -0.25) is 0 Å². The number of rotatable bonds is 8. The van der Waals surface area contributed by atoms with Crippen molar-refractivity contribution < 1.29 is 5.11 Å². The molecule has 1 unspecified atom stereocenters. The third-order valence-electron chi connectivity index (χ3n) is 5.37. The Morgan fingerprint density at radius 2 is 2.03 bits per heavy atom. The van der Waals surface area contributed by atoms with Gasteiger partial charge in [0.05, 0.1) is 13.1 Å². The molecule has 2 aromatic heterocycles. The van der Waals surface area contributed by atoms with Crippen molar-refractivity contribution in [3.8, 4) is 0 Å². The highest BCUT2D eigenvalue weighted by Gasteiger charge is 2.24. The van der Waals surface area contributed by atoms with Crippen molar-refractivity contribution in [2.45, 2.75) is 32.9 Å². The number of aliphatic hydroxyl groups is 1. The summed E-state index contributed by atoms with van der Waals surface area (Å²) in [6.45, 7) is 13.1. The van der Waals surface area contributed by atoms with Crippen LogP contribution in [0.3, 0.4) is 0 Å². The maximum Gasteiger partial charge on any atom is 0.191 e. The summed E-state index contributed by atoms with van der Waals surface area (Å²) in [5.41, 5.74) is 0.189. The fourth-order valence-electron chi connectivity index (χ4n) is 3.47. The van der Waals surface area contributed by atoms with Crippen LogP contribution < -0.4 is 15.5 Å². The van der Waals surface area contributed by atoms with E-state index in [9.17, 15) is 5.11 Å². The highest BCUT2D eigenvalue weighted by Crippen LogP contribution is 2.24. The van der Waals surface area contributed by atoms with Gasteiger partial charge < -0.3 is 25.5 Å². The van der Waals surface area contributed by atoms with Crippen LogP contribution in [0.5, 0.6) is 0 Å². The van der Waals surface area contributed by atoms with E-state index in [1.807, 2.05) is 43.6 Å². The number of anilines is 1. The van der Waals surface area contributed by atoms with E-state index in [0.717, 1.165) is 55.5 Å². The quantitative estimate of drug-likeness (QED) is 0.441. The number of aromatic nitrogens is 1. The van der Waals surface area contributed by atoms with E-state index in [1.54, 1.807) is 11.3 Å². The van der Waals surface area contributed by atoms with Gasteiger partial charge in [0, 0.05) is 43.8 Å². The van der Waals surface area contributed by atoms with E-state index in [0.29, 0.717) is 19.0 Å². The van der Waals surface area contributed by atoms with E-state index < -0.39 is 5.60 Å². The SMILES string of the molecule is CCNC(=NCc1ccnc(N2CCN(CC)CC2)c1)NCC(C)(O)c1cccs1. The molecule has 0 saturated carbocycles. The Kier molecular flexibility index (Phi) is 8.07. The van der Waals surface area contributed by atoms with E-state index >= 15 is 0 Å². The number of thiophene rings is 1. The molecule has 1 saturated heterocycles. The lowest BCUT2D eigenvalue weighted by atomic mass is 10.1. The summed E-state index contributed by atoms with van der Waals surface area (Å²) in [5.74, 6) is 1.72. The zero-order chi connectivity index (χ0) is 21.4. The molecule has 1 atom stereocenters. The molecule has 1 aliphatic heterocycles. The monoisotopic (exact) mass is 430 g/mol. The predicted molar refractivity (Wildman–Crippen MR) is 125 cm³/mol. The number of nitrogens with one attached hydrogen (secondary N) is 2. The van der Waals surface area contributed by atoms with E-state index in [2.05, 4.69) is 38.4 Å². The van der Waals surface area contributed by atoms with Crippen LogP contribution in [0.15, 0.2) is 40.8 Å². The first-order valence-electron chi connectivity index (χ1n) is 10.7. The second kappa shape index (κ2) is 10.7. The summed E-state index contributed by atoms with van der Waals surface area (Å²) in [4.78, 5) is 15.0. The molecule has 0 radical (unpaired) electrons. The van der Waals surface area contributed by atoms with Crippen LogP contribution in [0.1, 0.15) is 31.2 Å². The normalized spacial score (nSPS) is 17.6. The molecular formula is C22H34N6OS. The summed E-state index contributed by atoms with van der Waals surface area (Å²) in [5, 5.41) is 19.3. The maximum absolute atomic E-state index is 10.7. The van der Waals surface area contributed by atoms with Crippen LogP contribution in [0.2, 0.25) is 0 Å². The predicted octanol–water partition coefficient (Wildman–Crippen LogP) is 2.25. The first kappa shape index (κ1) is 22.5. The molecule has 0 aliphatic carbocycles. The minimum absolute atomic E-state index is 0.392. The third kappa shape index (κ3) is 6.17. The van der Waals surface area contributed by atoms with E-state index in [4.69, 9.17) is 4.99 Å². The third-order valence-corrected chi connectivity index (χ3v) is 6.49. The molecule has 7 nitrogen and oxygen atoms in total. The lowest BCUT2D eigenvalue weighted by Crippen LogP contribution is -2.46. The second-order valence-corrected chi connectivity index (χ2v) is 8.69. The van der Waals surface area contributed by atoms with Crippen LogP contribution in [0, 0.1) is 0 Å². The van der Waals surface area contributed by atoms with Gasteiger partial charge in [-0.2, -0.15) is 0 Å². The Bertz CT molecular complexity index is 800. The Morgan fingerprint density at radius 3 is 2.70 bits per heavy atom. The number of guanidine groups is 1. The molecule has 0 amide bonds. The van der Waals surface area contributed by atoms with Crippen molar-refractivity contribution in [1.29, 1.82) is 0 Å². The number of likely N-dealkylation sites (N-methyl/N-ethyl adjacent to an activating group) is 1. The van der Waals surface area contributed by atoms with Gasteiger partial charge in [0.25, 0.3) is 0 Å². The van der Waals surface area contributed by atoms with Crippen molar-refractivity contribution in [1.82, 2.24) is 20.5 Å². The Balaban J connectivity index is 1.60. The average Bonchev–Trinajstić information content (AvgIpc) is 3.32. The van der Waals surface area contributed by atoms with Crippen LogP contribution in [-0.4, -0.2) is 66.8 Å². The van der Waals surface area contributed by atoms with Gasteiger partial charge in [0.1, 0.15) is 11.4 Å². The number of hydrogen-bond acceptors (Lipinski definition) is 6. The molecule has 3 rings (SSSR count). The van der Waals surface area contributed by atoms with Crippen molar-refractivity contribution >= 4 is 23.1 Å². The first-order valence-corrected chi connectivity index (χ1v) is 11.6. The van der Waals surface area contributed by atoms with Crippen molar-refractivity contribution in [2.24, 2.45) is 4.99 Å². The molecular weight excluding hydrogens is 396 g/mol. The van der Waals surface area contributed by atoms with Gasteiger partial charge in [0.15, 0.2) is 5.96 Å². The second-order valence-electron chi connectivity index (χ2n) is 7.74. The van der Waals surface area contributed by atoms with Gasteiger partial charge in [-0.1, -0.05) is 13.0 Å². The molecule has 0 bridgehead atoms. The molecule has 1 fully saturated rings. The molecule has 0 aromatic carbocycles. The molecule has 1 aliphatic rings. The van der Waals surface area contributed by atoms with Gasteiger partial charge in [-0.15, -0.1) is 11.3 Å². The Morgan fingerprint density at radius 1 is 1.23 bits per heavy atom. The van der Waals surface area contributed by atoms with Crippen LogP contribution in [0.4, 0.5) is 5.82 Å². The molecule has 8 heteroatoms. The highest BCUT2D eigenvalue weighted by atomic mass is 32.1. The summed E-state index contributed by atoms with van der Waals surface area (Å²) in [6, 6.07) is 8.06. The zero-order valence-corrected chi connectivity index (χ0v) is 19.1. The number of pyridine rings is 1. The van der Waals surface area contributed by atoms with Gasteiger partial charge in [-0.05, 0) is 49.5 Å². The fourth-order valence-corrected chi connectivity index (χ4v) is 4.25. The van der Waals surface area contributed by atoms with Gasteiger partial charge in [-0.25, -0.2) is 9.98 Å². The number of aliphatic imine (C=N–C) groups is 1. The van der Waals surface area contributed by atoms with E-state index in [1.165, 1.54) is 0 Å². The minimum Gasteiger partial charge on any atom is -0.383 e. The van der Waals surface area contributed by atoms with Gasteiger partial charge in [0.2, 0.25) is 0 Å². The highest BCUT2D eigenvalue weighted by molar-refractivity contribution is 7.10. The Labute approximate surface area is 183 Å². The largest absolute Gasteiger partial charge is 0.383 e. The smallest absolute Gasteiger partial charge is 0.191 e. The van der Waals surface area contributed by atoms with Crippen molar-refractivity contribution in [3.05, 3.63) is 46.3 Å². The maximum atomic E-state index is 10.7. The standard InChI is InChI=1S/C22H34N6OS/c1-4-23-21(26-17-22(3,29)19-7-6-14-30-19)25-16-18-8-9-24-20(15-18)28-12-10-27(5-2)11-13-28/h6-9,14-15,29H,4-5,10-13,16-17H2,1-3H3,(H2,23,25,26). The summed E-state index contributed by atoms with van der Waals surface area (Å²) in [7, 11) is 0. The van der Waals surface area contributed by atoms with Crippen LogP contribution >= 0.6 is 11.3 Å². The minimum atomic E-state index is -0.936. The molecule has 0 spiro atoms. The molecule has 2 aromatic rings. The number of nitrogens with zero attached hydrogens (tertiary/aromatic N) is 4.